The zero-order chi connectivity index (χ0) is 12.3. The summed E-state index contributed by atoms with van der Waals surface area (Å²) in [5.74, 6) is 0.749. The summed E-state index contributed by atoms with van der Waals surface area (Å²) in [6, 6.07) is 9.27. The van der Waals surface area contributed by atoms with Gasteiger partial charge in [-0.25, -0.2) is 0 Å². The maximum absolute atomic E-state index is 5.86. The molecule has 0 radical (unpaired) electrons. The van der Waals surface area contributed by atoms with Crippen molar-refractivity contribution >= 4 is 0 Å². The van der Waals surface area contributed by atoms with Gasteiger partial charge in [0.2, 0.25) is 0 Å². The molecule has 1 aliphatic rings. The van der Waals surface area contributed by atoms with E-state index in [1.54, 1.807) is 0 Å². The summed E-state index contributed by atoms with van der Waals surface area (Å²) in [5, 5.41) is 0. The van der Waals surface area contributed by atoms with E-state index in [0.717, 1.165) is 12.3 Å². The van der Waals surface area contributed by atoms with Crippen LogP contribution in [0, 0.1) is 0 Å². The Morgan fingerprint density at radius 1 is 1.35 bits per heavy atom. The van der Waals surface area contributed by atoms with Gasteiger partial charge >= 0.3 is 0 Å². The molecule has 0 saturated carbocycles. The summed E-state index contributed by atoms with van der Waals surface area (Å²) in [7, 11) is 2.21. The number of piperidine rings is 1. The van der Waals surface area contributed by atoms with Gasteiger partial charge < -0.3 is 10.6 Å². The first-order chi connectivity index (χ1) is 8.15. The fourth-order valence-corrected chi connectivity index (χ4v) is 2.69. The van der Waals surface area contributed by atoms with Crippen molar-refractivity contribution in [2.24, 2.45) is 5.73 Å². The lowest BCUT2D eigenvalue weighted by molar-refractivity contribution is 0.255. The van der Waals surface area contributed by atoms with Gasteiger partial charge in [0.25, 0.3) is 0 Å². The highest BCUT2D eigenvalue weighted by Gasteiger charge is 2.18. The van der Waals surface area contributed by atoms with Crippen molar-refractivity contribution in [2.45, 2.75) is 38.1 Å². The van der Waals surface area contributed by atoms with E-state index in [1.807, 2.05) is 0 Å². The van der Waals surface area contributed by atoms with Gasteiger partial charge in [-0.3, -0.25) is 0 Å². The number of benzene rings is 1. The van der Waals surface area contributed by atoms with Crippen molar-refractivity contribution in [3.8, 4) is 0 Å². The average Bonchev–Trinajstić information content (AvgIpc) is 2.29. The summed E-state index contributed by atoms with van der Waals surface area (Å²) >= 11 is 0. The van der Waals surface area contributed by atoms with Crippen molar-refractivity contribution in [1.29, 1.82) is 0 Å². The van der Waals surface area contributed by atoms with Crippen LogP contribution >= 0.6 is 0 Å². The van der Waals surface area contributed by atoms with Crippen LogP contribution in [0.4, 0.5) is 0 Å². The van der Waals surface area contributed by atoms with E-state index in [4.69, 9.17) is 5.73 Å². The molecule has 94 valence electrons. The highest BCUT2D eigenvalue weighted by molar-refractivity contribution is 5.27. The number of nitrogens with zero attached hydrogens (tertiary/aromatic N) is 1. The lowest BCUT2D eigenvalue weighted by Gasteiger charge is -2.29. The molecule has 2 nitrogen and oxygen atoms in total. The van der Waals surface area contributed by atoms with Gasteiger partial charge in [0.15, 0.2) is 0 Å². The predicted molar refractivity (Wildman–Crippen MR) is 73.3 cm³/mol. The summed E-state index contributed by atoms with van der Waals surface area (Å²) < 4.78 is 0. The second kappa shape index (κ2) is 5.65. The Morgan fingerprint density at radius 3 is 2.71 bits per heavy atom. The molecule has 0 amide bonds. The van der Waals surface area contributed by atoms with Crippen LogP contribution in [0.5, 0.6) is 0 Å². The number of hydrogen-bond donors (Lipinski definition) is 1. The maximum Gasteiger partial charge on any atom is 0.00509 e. The smallest absolute Gasteiger partial charge is 0.00509 e. The molecule has 2 rings (SSSR count). The monoisotopic (exact) mass is 232 g/mol. The fraction of sp³-hybridized carbons (Fsp3) is 0.600. The Labute approximate surface area is 105 Å². The lowest BCUT2D eigenvalue weighted by atomic mass is 9.88. The van der Waals surface area contributed by atoms with Crippen LogP contribution < -0.4 is 5.73 Å². The summed E-state index contributed by atoms with van der Waals surface area (Å²) in [6.07, 6.45) is 3.57. The first-order valence-electron chi connectivity index (χ1n) is 6.68. The molecule has 1 atom stereocenters. The van der Waals surface area contributed by atoms with E-state index >= 15 is 0 Å². The third-order valence-corrected chi connectivity index (χ3v) is 3.70. The molecule has 1 aromatic rings. The van der Waals surface area contributed by atoms with Gasteiger partial charge in [0.1, 0.15) is 0 Å². The number of likely N-dealkylation sites (tertiary alicyclic amines) is 1. The van der Waals surface area contributed by atoms with Crippen LogP contribution in [0.1, 0.15) is 36.8 Å². The number of rotatable bonds is 3. The highest BCUT2D eigenvalue weighted by Crippen LogP contribution is 2.28. The summed E-state index contributed by atoms with van der Waals surface area (Å²) in [6.45, 7) is 4.52. The standard InChI is InChI=1S/C15H24N2/c1-12(16)10-13-4-3-5-15(11-13)14-6-8-17(2)9-7-14/h3-5,11-12,14H,6-10,16H2,1-2H3. The van der Waals surface area contributed by atoms with Gasteiger partial charge in [0, 0.05) is 6.04 Å². The van der Waals surface area contributed by atoms with Gasteiger partial charge in [-0.15, -0.1) is 0 Å². The molecule has 0 aliphatic carbocycles. The lowest BCUT2D eigenvalue weighted by Crippen LogP contribution is -2.29. The Morgan fingerprint density at radius 2 is 2.06 bits per heavy atom. The Hall–Kier alpha value is -0.860. The molecule has 1 unspecified atom stereocenters. The predicted octanol–water partition coefficient (Wildman–Crippen LogP) is 2.39. The van der Waals surface area contributed by atoms with Crippen LogP contribution in [-0.4, -0.2) is 31.1 Å². The molecule has 1 aliphatic heterocycles. The second-order valence-corrected chi connectivity index (χ2v) is 5.50. The zero-order valence-corrected chi connectivity index (χ0v) is 11.0. The van der Waals surface area contributed by atoms with Gasteiger partial charge in [-0.05, 0) is 63.4 Å². The van der Waals surface area contributed by atoms with E-state index in [2.05, 4.69) is 43.1 Å². The van der Waals surface area contributed by atoms with Crippen LogP contribution in [0.2, 0.25) is 0 Å². The average molecular weight is 232 g/mol. The number of nitrogens with two attached hydrogens (primary N) is 1. The fourth-order valence-electron chi connectivity index (χ4n) is 2.69. The molecule has 0 spiro atoms. The van der Waals surface area contributed by atoms with E-state index in [-0.39, 0.29) is 6.04 Å². The Balaban J connectivity index is 2.05. The SMILES string of the molecule is CC(N)Cc1cccc(C2CCN(C)CC2)c1. The van der Waals surface area contributed by atoms with E-state index in [9.17, 15) is 0 Å². The van der Waals surface area contributed by atoms with Crippen LogP contribution in [0.15, 0.2) is 24.3 Å². The molecular weight excluding hydrogens is 208 g/mol. The molecule has 17 heavy (non-hydrogen) atoms. The third kappa shape index (κ3) is 3.55. The normalized spacial score (nSPS) is 20.4. The molecular formula is C15H24N2. The van der Waals surface area contributed by atoms with E-state index in [0.29, 0.717) is 0 Å². The number of hydrogen-bond acceptors (Lipinski definition) is 2. The topological polar surface area (TPSA) is 29.3 Å². The molecule has 0 bridgehead atoms. The van der Waals surface area contributed by atoms with E-state index < -0.39 is 0 Å². The first kappa shape index (κ1) is 12.6. The van der Waals surface area contributed by atoms with Crippen molar-refractivity contribution in [3.63, 3.8) is 0 Å². The minimum Gasteiger partial charge on any atom is -0.328 e. The van der Waals surface area contributed by atoms with Crippen molar-refractivity contribution in [1.82, 2.24) is 4.90 Å². The van der Waals surface area contributed by atoms with Gasteiger partial charge in [0.05, 0.1) is 0 Å². The summed E-state index contributed by atoms with van der Waals surface area (Å²) in [5.41, 5.74) is 8.76. The Kier molecular flexibility index (Phi) is 4.19. The summed E-state index contributed by atoms with van der Waals surface area (Å²) in [4.78, 5) is 2.42. The maximum atomic E-state index is 5.86. The van der Waals surface area contributed by atoms with E-state index in [1.165, 1.54) is 37.1 Å². The largest absolute Gasteiger partial charge is 0.328 e. The van der Waals surface area contributed by atoms with Crippen molar-refractivity contribution in [2.75, 3.05) is 20.1 Å². The molecule has 2 N–H and O–H groups in total. The quantitative estimate of drug-likeness (QED) is 0.867. The van der Waals surface area contributed by atoms with Crippen LogP contribution in [-0.2, 0) is 6.42 Å². The second-order valence-electron chi connectivity index (χ2n) is 5.50. The third-order valence-electron chi connectivity index (χ3n) is 3.70. The van der Waals surface area contributed by atoms with Gasteiger partial charge in [-0.2, -0.15) is 0 Å². The molecule has 2 heteroatoms. The minimum absolute atomic E-state index is 0.253. The van der Waals surface area contributed by atoms with Crippen LogP contribution in [0.3, 0.4) is 0 Å². The first-order valence-corrected chi connectivity index (χ1v) is 6.68. The molecule has 1 heterocycles. The molecule has 1 aromatic carbocycles. The van der Waals surface area contributed by atoms with Gasteiger partial charge in [-0.1, -0.05) is 24.3 Å². The molecule has 1 saturated heterocycles. The molecule has 0 aromatic heterocycles. The Bertz CT molecular complexity index is 352. The highest BCUT2D eigenvalue weighted by atomic mass is 15.1. The van der Waals surface area contributed by atoms with Crippen LogP contribution in [0.25, 0.3) is 0 Å². The zero-order valence-electron chi connectivity index (χ0n) is 11.0. The minimum atomic E-state index is 0.253. The molecule has 1 fully saturated rings. The van der Waals surface area contributed by atoms with Crippen molar-refractivity contribution in [3.05, 3.63) is 35.4 Å². The van der Waals surface area contributed by atoms with Crippen molar-refractivity contribution < 1.29 is 0 Å².